The molecule has 3 nitrogen and oxygen atoms in total. The van der Waals surface area contributed by atoms with Crippen molar-refractivity contribution in [3.8, 4) is 0 Å². The zero-order chi connectivity index (χ0) is 14.0. The summed E-state index contributed by atoms with van der Waals surface area (Å²) >= 11 is 12.3. The Morgan fingerprint density at radius 2 is 1.79 bits per heavy atom. The molecule has 1 aromatic heterocycles. The summed E-state index contributed by atoms with van der Waals surface area (Å²) in [5.74, 6) is 2.08. The van der Waals surface area contributed by atoms with Gasteiger partial charge < -0.3 is 10.6 Å². The summed E-state index contributed by atoms with van der Waals surface area (Å²) in [6.45, 7) is 8.26. The minimum atomic E-state index is 0.420. The Morgan fingerprint density at radius 3 is 2.26 bits per heavy atom. The van der Waals surface area contributed by atoms with Crippen LogP contribution in [0, 0.1) is 11.3 Å². The fourth-order valence-corrected chi connectivity index (χ4v) is 2.75. The van der Waals surface area contributed by atoms with Crippen molar-refractivity contribution in [2.24, 2.45) is 11.3 Å². The lowest BCUT2D eigenvalue weighted by molar-refractivity contribution is 0.380. The molecule has 0 radical (unpaired) electrons. The minimum absolute atomic E-state index is 0.420. The molecule has 0 unspecified atom stereocenters. The largest absolute Gasteiger partial charge is 0.369 e. The van der Waals surface area contributed by atoms with Crippen LogP contribution < -0.4 is 10.6 Å². The fourth-order valence-electron chi connectivity index (χ4n) is 2.26. The van der Waals surface area contributed by atoms with Crippen LogP contribution in [-0.2, 0) is 0 Å². The molecule has 1 fully saturated rings. The molecule has 0 amide bonds. The Kier molecular flexibility index (Phi) is 4.46. The zero-order valence-electron chi connectivity index (χ0n) is 11.7. The molecule has 1 heterocycles. The van der Waals surface area contributed by atoms with Crippen molar-refractivity contribution < 1.29 is 0 Å². The monoisotopic (exact) mass is 301 g/mol. The quantitative estimate of drug-likeness (QED) is 0.802. The van der Waals surface area contributed by atoms with Crippen LogP contribution in [0.15, 0.2) is 6.07 Å². The number of nitrogens with zero attached hydrogens (tertiary/aromatic N) is 1. The molecule has 1 saturated carbocycles. The number of rotatable bonds is 6. The standard InChI is InChI=1S/C14H21Cl2N3/c1-4-17-12-10(15)7-11(16)13(19-12)18-8-14(5-6-14)9(2)3/h7,9H,4-6,8H2,1-3H3,(H2,17,18,19). The van der Waals surface area contributed by atoms with Crippen LogP contribution in [-0.4, -0.2) is 18.1 Å². The molecule has 0 spiro atoms. The van der Waals surface area contributed by atoms with Gasteiger partial charge in [-0.25, -0.2) is 4.98 Å². The highest BCUT2D eigenvalue weighted by atomic mass is 35.5. The van der Waals surface area contributed by atoms with Gasteiger partial charge in [-0.3, -0.25) is 0 Å². The molecule has 0 atom stereocenters. The third-order valence-corrected chi connectivity index (χ3v) is 4.57. The van der Waals surface area contributed by atoms with Crippen molar-refractivity contribution in [2.45, 2.75) is 33.6 Å². The van der Waals surface area contributed by atoms with Crippen LogP contribution in [0.25, 0.3) is 0 Å². The van der Waals surface area contributed by atoms with Gasteiger partial charge in [0.05, 0.1) is 10.0 Å². The van der Waals surface area contributed by atoms with Crippen molar-refractivity contribution >= 4 is 34.8 Å². The summed E-state index contributed by atoms with van der Waals surface area (Å²) in [5, 5.41) is 7.65. The number of hydrogen-bond acceptors (Lipinski definition) is 3. The van der Waals surface area contributed by atoms with E-state index in [4.69, 9.17) is 23.2 Å². The third-order valence-electron chi connectivity index (χ3n) is 4.00. The molecule has 0 aliphatic heterocycles. The van der Waals surface area contributed by atoms with E-state index in [1.165, 1.54) is 12.8 Å². The summed E-state index contributed by atoms with van der Waals surface area (Å²) in [6, 6.07) is 1.74. The molecule has 1 aromatic rings. The smallest absolute Gasteiger partial charge is 0.147 e. The van der Waals surface area contributed by atoms with Gasteiger partial charge in [0.1, 0.15) is 11.6 Å². The summed E-state index contributed by atoms with van der Waals surface area (Å²) in [6.07, 6.45) is 2.56. The Morgan fingerprint density at radius 1 is 1.21 bits per heavy atom. The van der Waals surface area contributed by atoms with E-state index >= 15 is 0 Å². The van der Waals surface area contributed by atoms with Crippen molar-refractivity contribution in [3.05, 3.63) is 16.1 Å². The molecule has 2 N–H and O–H groups in total. The van der Waals surface area contributed by atoms with E-state index in [0.717, 1.165) is 13.1 Å². The van der Waals surface area contributed by atoms with Gasteiger partial charge in [0.25, 0.3) is 0 Å². The van der Waals surface area contributed by atoms with Gasteiger partial charge in [-0.1, -0.05) is 37.0 Å². The summed E-state index contributed by atoms with van der Waals surface area (Å²) < 4.78 is 0. The normalized spacial score (nSPS) is 16.5. The number of nitrogens with one attached hydrogen (secondary N) is 2. The number of halogens is 2. The number of anilines is 2. The van der Waals surface area contributed by atoms with E-state index in [2.05, 4.69) is 29.5 Å². The first-order chi connectivity index (χ1) is 8.98. The van der Waals surface area contributed by atoms with E-state index in [0.29, 0.717) is 33.0 Å². The Hall–Kier alpha value is -0.670. The maximum absolute atomic E-state index is 6.19. The van der Waals surface area contributed by atoms with E-state index in [9.17, 15) is 0 Å². The zero-order valence-corrected chi connectivity index (χ0v) is 13.2. The first-order valence-corrected chi connectivity index (χ1v) is 7.58. The summed E-state index contributed by atoms with van der Waals surface area (Å²) in [7, 11) is 0. The van der Waals surface area contributed by atoms with Crippen LogP contribution in [0.2, 0.25) is 10.0 Å². The Labute approximate surface area is 125 Å². The first-order valence-electron chi connectivity index (χ1n) is 6.82. The number of aromatic nitrogens is 1. The van der Waals surface area contributed by atoms with Crippen LogP contribution in [0.4, 0.5) is 11.6 Å². The van der Waals surface area contributed by atoms with Crippen molar-refractivity contribution in [1.29, 1.82) is 0 Å². The lowest BCUT2D eigenvalue weighted by Gasteiger charge is -2.21. The fraction of sp³-hybridized carbons (Fsp3) is 0.643. The van der Waals surface area contributed by atoms with Crippen molar-refractivity contribution in [3.63, 3.8) is 0 Å². The van der Waals surface area contributed by atoms with Gasteiger partial charge in [0.15, 0.2) is 0 Å². The SMILES string of the molecule is CCNc1nc(NCC2(C(C)C)CC2)c(Cl)cc1Cl. The summed E-state index contributed by atoms with van der Waals surface area (Å²) in [5.41, 5.74) is 0.420. The van der Waals surface area contributed by atoms with E-state index in [-0.39, 0.29) is 0 Å². The molecule has 1 aliphatic carbocycles. The van der Waals surface area contributed by atoms with E-state index < -0.39 is 0 Å². The highest BCUT2D eigenvalue weighted by molar-refractivity contribution is 6.37. The number of hydrogen-bond donors (Lipinski definition) is 2. The van der Waals surface area contributed by atoms with Gasteiger partial charge in [0, 0.05) is 13.1 Å². The highest BCUT2D eigenvalue weighted by Gasteiger charge is 2.45. The van der Waals surface area contributed by atoms with Crippen molar-refractivity contribution in [2.75, 3.05) is 23.7 Å². The molecule has 19 heavy (non-hydrogen) atoms. The van der Waals surface area contributed by atoms with Gasteiger partial charge in [0.2, 0.25) is 0 Å². The molecule has 1 aliphatic rings. The summed E-state index contributed by atoms with van der Waals surface area (Å²) in [4.78, 5) is 4.47. The molecule has 106 valence electrons. The van der Waals surface area contributed by atoms with Gasteiger partial charge in [-0.05, 0) is 37.2 Å². The minimum Gasteiger partial charge on any atom is -0.369 e. The second-order valence-corrected chi connectivity index (χ2v) is 6.36. The average Bonchev–Trinajstić information content (AvgIpc) is 3.12. The van der Waals surface area contributed by atoms with Gasteiger partial charge >= 0.3 is 0 Å². The topological polar surface area (TPSA) is 37.0 Å². The molecule has 0 saturated heterocycles. The average molecular weight is 302 g/mol. The second kappa shape index (κ2) is 5.76. The Balaban J connectivity index is 2.09. The molecular formula is C14H21Cl2N3. The molecule has 0 bridgehead atoms. The maximum Gasteiger partial charge on any atom is 0.147 e. The Bertz CT molecular complexity index is 456. The predicted molar refractivity (Wildman–Crippen MR) is 83.4 cm³/mol. The van der Waals surface area contributed by atoms with Gasteiger partial charge in [-0.2, -0.15) is 0 Å². The lowest BCUT2D eigenvalue weighted by atomic mass is 9.92. The van der Waals surface area contributed by atoms with Crippen LogP contribution in [0.5, 0.6) is 0 Å². The maximum atomic E-state index is 6.19. The van der Waals surface area contributed by atoms with E-state index in [1.54, 1.807) is 6.07 Å². The van der Waals surface area contributed by atoms with Crippen LogP contribution in [0.1, 0.15) is 33.6 Å². The lowest BCUT2D eigenvalue weighted by Crippen LogP contribution is -2.21. The number of pyridine rings is 1. The van der Waals surface area contributed by atoms with Crippen molar-refractivity contribution in [1.82, 2.24) is 4.98 Å². The van der Waals surface area contributed by atoms with E-state index in [1.807, 2.05) is 6.92 Å². The van der Waals surface area contributed by atoms with Crippen LogP contribution >= 0.6 is 23.2 Å². The predicted octanol–water partition coefficient (Wildman–Crippen LogP) is 4.67. The molecule has 2 rings (SSSR count). The second-order valence-electron chi connectivity index (χ2n) is 5.55. The molecular weight excluding hydrogens is 281 g/mol. The highest BCUT2D eigenvalue weighted by Crippen LogP contribution is 2.51. The van der Waals surface area contributed by atoms with Gasteiger partial charge in [-0.15, -0.1) is 0 Å². The first kappa shape index (κ1) is 14.7. The molecule has 0 aromatic carbocycles. The molecule has 5 heteroatoms. The van der Waals surface area contributed by atoms with Crippen LogP contribution in [0.3, 0.4) is 0 Å². The third kappa shape index (κ3) is 3.26.